The lowest BCUT2D eigenvalue weighted by atomic mass is 10.1. The Labute approximate surface area is 267 Å². The number of aromatic amines is 2. The molecule has 3 aromatic carbocycles. The van der Waals surface area contributed by atoms with Crippen LogP contribution < -0.4 is 16.0 Å². The van der Waals surface area contributed by atoms with Gasteiger partial charge in [-0.15, -0.1) is 12.4 Å². The van der Waals surface area contributed by atoms with E-state index in [-0.39, 0.29) is 24.2 Å². The second kappa shape index (κ2) is 14.8. The van der Waals surface area contributed by atoms with Crippen LogP contribution in [-0.2, 0) is 28.9 Å². The fourth-order valence-corrected chi connectivity index (χ4v) is 5.78. The number of nitrogens with zero attached hydrogens (tertiary/aromatic N) is 1. The lowest BCUT2D eigenvalue weighted by molar-refractivity contribution is -0.132. The van der Waals surface area contributed by atoms with Crippen molar-refractivity contribution in [2.45, 2.75) is 32.6 Å². The van der Waals surface area contributed by atoms with Gasteiger partial charge in [-0.3, -0.25) is 9.59 Å². The molecule has 43 heavy (non-hydrogen) atoms. The molecule has 5 aromatic rings. The monoisotopic (exact) mass is 639 g/mol. The molecule has 0 radical (unpaired) electrons. The molecule has 10 heteroatoms. The Bertz CT molecular complexity index is 1710. The Morgan fingerprint density at radius 1 is 0.953 bits per heavy atom. The fourth-order valence-electron chi connectivity index (χ4n) is 5.44. The Balaban J connectivity index is 0.000000253. The van der Waals surface area contributed by atoms with E-state index in [1.807, 2.05) is 73.1 Å². The van der Waals surface area contributed by atoms with Crippen LogP contribution in [-0.4, -0.2) is 41.4 Å². The van der Waals surface area contributed by atoms with Crippen molar-refractivity contribution >= 4 is 74.9 Å². The van der Waals surface area contributed by atoms with Crippen LogP contribution in [0.1, 0.15) is 30.0 Å². The summed E-state index contributed by atoms with van der Waals surface area (Å²) in [5.74, 6) is -0.922. The molecule has 5 N–H and O–H groups in total. The van der Waals surface area contributed by atoms with E-state index in [0.29, 0.717) is 37.5 Å². The van der Waals surface area contributed by atoms with Crippen molar-refractivity contribution in [3.8, 4) is 0 Å². The lowest BCUT2D eigenvalue weighted by Crippen LogP contribution is -2.37. The molecule has 1 aliphatic heterocycles. The maximum Gasteiger partial charge on any atom is 0.239 e. The van der Waals surface area contributed by atoms with E-state index in [9.17, 15) is 9.59 Å². The predicted molar refractivity (Wildman–Crippen MR) is 180 cm³/mol. The SMILES string of the molecule is CCc1cccc(N2CCC(C(=O)NCCc3c[nH]c4ccc(Cl)cc34)C2=O)c1.Cl.NCCc1c[nH]c2ccc(Cl)cc12. The molecule has 7 nitrogen and oxygen atoms in total. The van der Waals surface area contributed by atoms with Gasteiger partial charge >= 0.3 is 0 Å². The first-order chi connectivity index (χ1) is 20.4. The van der Waals surface area contributed by atoms with Gasteiger partial charge in [0.2, 0.25) is 11.8 Å². The van der Waals surface area contributed by atoms with E-state index in [1.54, 1.807) is 4.90 Å². The number of carbonyl (C=O) groups excluding carboxylic acids is 2. The maximum atomic E-state index is 12.8. The van der Waals surface area contributed by atoms with Crippen LogP contribution in [0.3, 0.4) is 0 Å². The molecule has 1 atom stereocenters. The number of carbonyl (C=O) groups is 2. The van der Waals surface area contributed by atoms with Crippen LogP contribution in [0, 0.1) is 5.92 Å². The predicted octanol–water partition coefficient (Wildman–Crippen LogP) is 6.84. The Kier molecular flexibility index (Phi) is 11.2. The van der Waals surface area contributed by atoms with Crippen LogP contribution in [0.25, 0.3) is 21.8 Å². The summed E-state index contributed by atoms with van der Waals surface area (Å²) >= 11 is 12.0. The smallest absolute Gasteiger partial charge is 0.239 e. The topological polar surface area (TPSA) is 107 Å². The van der Waals surface area contributed by atoms with Gasteiger partial charge in [-0.25, -0.2) is 0 Å². The molecule has 0 saturated carbocycles. The molecule has 1 fully saturated rings. The minimum Gasteiger partial charge on any atom is -0.361 e. The van der Waals surface area contributed by atoms with Crippen LogP contribution in [0.15, 0.2) is 73.1 Å². The van der Waals surface area contributed by atoms with Gasteiger partial charge in [0.05, 0.1) is 0 Å². The van der Waals surface area contributed by atoms with E-state index >= 15 is 0 Å². The molecule has 3 heterocycles. The van der Waals surface area contributed by atoms with Crippen LogP contribution in [0.5, 0.6) is 0 Å². The van der Waals surface area contributed by atoms with Gasteiger partial charge < -0.3 is 25.9 Å². The van der Waals surface area contributed by atoms with Crippen molar-refractivity contribution < 1.29 is 9.59 Å². The molecule has 1 saturated heterocycles. The number of anilines is 1. The first-order valence-electron chi connectivity index (χ1n) is 14.3. The van der Waals surface area contributed by atoms with Crippen molar-refractivity contribution in [2.24, 2.45) is 11.7 Å². The number of halogens is 3. The summed E-state index contributed by atoms with van der Waals surface area (Å²) in [6, 6.07) is 19.5. The summed E-state index contributed by atoms with van der Waals surface area (Å²) in [4.78, 5) is 33.5. The third-order valence-electron chi connectivity index (χ3n) is 7.72. The van der Waals surface area contributed by atoms with E-state index in [1.165, 1.54) is 16.5 Å². The zero-order valence-corrected chi connectivity index (χ0v) is 26.3. The number of hydrogen-bond donors (Lipinski definition) is 4. The molecule has 2 aromatic heterocycles. The number of hydrogen-bond acceptors (Lipinski definition) is 3. The lowest BCUT2D eigenvalue weighted by Gasteiger charge is -2.17. The van der Waals surface area contributed by atoms with Crippen molar-refractivity contribution in [3.05, 3.63) is 99.8 Å². The number of aromatic nitrogens is 2. The van der Waals surface area contributed by atoms with Crippen molar-refractivity contribution in [3.63, 3.8) is 0 Å². The highest BCUT2D eigenvalue weighted by molar-refractivity contribution is 6.31. The molecule has 0 spiro atoms. The Hall–Kier alpha value is -3.49. The van der Waals surface area contributed by atoms with Crippen molar-refractivity contribution in [1.29, 1.82) is 0 Å². The van der Waals surface area contributed by atoms with Crippen LogP contribution in [0.4, 0.5) is 5.69 Å². The standard InChI is InChI=1S/C23H24ClN3O2.C10H11ClN2.ClH/c1-2-15-4-3-5-18(12-15)27-11-9-19(23(27)29)22(28)25-10-8-16-14-26-21-7-6-17(24)13-20(16)21;11-8-1-2-10-9(5-8)7(3-4-12)6-13-10;/h3-7,12-14,19,26H,2,8-11H2,1H3,(H,25,28);1-2,5-6,13H,3-4,12H2;1H. The third-order valence-corrected chi connectivity index (χ3v) is 8.19. The first kappa shape index (κ1) is 32.4. The molecular formula is C33H36Cl3N5O2. The van der Waals surface area contributed by atoms with E-state index < -0.39 is 5.92 Å². The highest BCUT2D eigenvalue weighted by atomic mass is 35.5. The van der Waals surface area contributed by atoms with Gasteiger partial charge in [0, 0.05) is 63.0 Å². The zero-order valence-electron chi connectivity index (χ0n) is 24.0. The average molecular weight is 641 g/mol. The highest BCUT2D eigenvalue weighted by Gasteiger charge is 2.37. The van der Waals surface area contributed by atoms with Gasteiger partial charge in [0.25, 0.3) is 0 Å². The maximum absolute atomic E-state index is 12.8. The zero-order chi connectivity index (χ0) is 29.6. The highest BCUT2D eigenvalue weighted by Crippen LogP contribution is 2.27. The number of aryl methyl sites for hydroxylation is 1. The van der Waals surface area contributed by atoms with E-state index in [2.05, 4.69) is 22.2 Å². The minimum atomic E-state index is -0.613. The van der Waals surface area contributed by atoms with Gasteiger partial charge in [-0.1, -0.05) is 42.3 Å². The van der Waals surface area contributed by atoms with Crippen molar-refractivity contribution in [1.82, 2.24) is 15.3 Å². The van der Waals surface area contributed by atoms with Crippen molar-refractivity contribution in [2.75, 3.05) is 24.5 Å². The summed E-state index contributed by atoms with van der Waals surface area (Å²) in [6.45, 7) is 3.81. The number of nitrogens with one attached hydrogen (secondary N) is 3. The van der Waals surface area contributed by atoms with Crippen LogP contribution >= 0.6 is 35.6 Å². The molecule has 1 unspecified atom stereocenters. The first-order valence-corrected chi connectivity index (χ1v) is 15.0. The summed E-state index contributed by atoms with van der Waals surface area (Å²) in [5.41, 5.74) is 12.0. The molecule has 2 amide bonds. The molecule has 1 aliphatic rings. The Morgan fingerprint density at radius 3 is 2.19 bits per heavy atom. The molecule has 0 aliphatic carbocycles. The normalized spacial score (nSPS) is 14.5. The second-order valence-electron chi connectivity index (χ2n) is 10.4. The minimum absolute atomic E-state index is 0. The van der Waals surface area contributed by atoms with Gasteiger partial charge in [0.15, 0.2) is 0 Å². The van der Waals surface area contributed by atoms with Gasteiger partial charge in [-0.05, 0) is 97.4 Å². The fraction of sp³-hybridized carbons (Fsp3) is 0.273. The largest absolute Gasteiger partial charge is 0.361 e. The molecule has 226 valence electrons. The summed E-state index contributed by atoms with van der Waals surface area (Å²) in [5, 5.41) is 6.63. The molecule has 6 rings (SSSR count). The molecule has 0 bridgehead atoms. The summed E-state index contributed by atoms with van der Waals surface area (Å²) < 4.78 is 0. The number of rotatable bonds is 8. The summed E-state index contributed by atoms with van der Waals surface area (Å²) in [7, 11) is 0. The number of benzene rings is 3. The summed E-state index contributed by atoms with van der Waals surface area (Å²) in [6.07, 6.45) is 6.96. The van der Waals surface area contributed by atoms with E-state index in [4.69, 9.17) is 28.9 Å². The van der Waals surface area contributed by atoms with Gasteiger partial charge in [0.1, 0.15) is 5.92 Å². The number of fused-ring (bicyclic) bond motifs is 2. The third kappa shape index (κ3) is 7.54. The Morgan fingerprint density at radius 2 is 1.58 bits per heavy atom. The molecular weight excluding hydrogens is 605 g/mol. The quantitative estimate of drug-likeness (QED) is 0.140. The number of amides is 2. The average Bonchev–Trinajstić information content (AvgIpc) is 3.70. The second-order valence-corrected chi connectivity index (χ2v) is 11.3. The van der Waals surface area contributed by atoms with Gasteiger partial charge in [-0.2, -0.15) is 0 Å². The van der Waals surface area contributed by atoms with E-state index in [0.717, 1.165) is 45.5 Å². The number of H-pyrrole nitrogens is 2. The van der Waals surface area contributed by atoms with Crippen LogP contribution in [0.2, 0.25) is 10.0 Å². The number of nitrogens with two attached hydrogens (primary N) is 1.